The second-order valence-electron chi connectivity index (χ2n) is 5.03. The van der Waals surface area contributed by atoms with Gasteiger partial charge >= 0.3 is 0 Å². The molecular formula is C16H17ClN4O. The van der Waals surface area contributed by atoms with Crippen LogP contribution in [0.5, 0.6) is 5.75 Å². The normalized spacial score (nSPS) is 10.9. The lowest BCUT2D eigenvalue weighted by atomic mass is 10.1. The van der Waals surface area contributed by atoms with Crippen molar-refractivity contribution < 1.29 is 4.74 Å². The second kappa shape index (κ2) is 6.23. The number of benzene rings is 1. The summed E-state index contributed by atoms with van der Waals surface area (Å²) in [4.78, 5) is 8.25. The number of aromatic nitrogens is 3. The Morgan fingerprint density at radius 3 is 2.95 bits per heavy atom. The van der Waals surface area contributed by atoms with E-state index in [-0.39, 0.29) is 0 Å². The second-order valence-corrected chi connectivity index (χ2v) is 5.42. The standard InChI is InChI=1S/C16H17ClN4O/c1-21-10-11(13-9-12(22-2)3-4-14(13)21)5-7-18-16-19-8-6-15(17)20-16/h3-4,6,8-10H,5,7H2,1-2H3,(H,18,19,20). The summed E-state index contributed by atoms with van der Waals surface area (Å²) >= 11 is 5.85. The van der Waals surface area contributed by atoms with Gasteiger partial charge in [-0.2, -0.15) is 0 Å². The minimum Gasteiger partial charge on any atom is -0.497 e. The van der Waals surface area contributed by atoms with Crippen LogP contribution in [0.25, 0.3) is 10.9 Å². The van der Waals surface area contributed by atoms with Gasteiger partial charge in [0.25, 0.3) is 0 Å². The van der Waals surface area contributed by atoms with E-state index in [2.05, 4.69) is 38.2 Å². The predicted octanol–water partition coefficient (Wildman–Crippen LogP) is 3.28. The quantitative estimate of drug-likeness (QED) is 0.734. The van der Waals surface area contributed by atoms with Gasteiger partial charge in [0.1, 0.15) is 10.9 Å². The van der Waals surface area contributed by atoms with Crippen molar-refractivity contribution in [2.45, 2.75) is 6.42 Å². The molecule has 0 amide bonds. The van der Waals surface area contributed by atoms with Gasteiger partial charge in [-0.05, 0) is 36.2 Å². The first-order chi connectivity index (χ1) is 10.7. The number of fused-ring (bicyclic) bond motifs is 1. The molecule has 0 aliphatic carbocycles. The van der Waals surface area contributed by atoms with Crippen LogP contribution in [0.2, 0.25) is 5.15 Å². The molecule has 0 fully saturated rings. The Hall–Kier alpha value is -2.27. The summed E-state index contributed by atoms with van der Waals surface area (Å²) in [5.41, 5.74) is 2.45. The van der Waals surface area contributed by atoms with E-state index in [1.807, 2.05) is 13.1 Å². The highest BCUT2D eigenvalue weighted by Gasteiger charge is 2.08. The first-order valence-electron chi connectivity index (χ1n) is 7.02. The Labute approximate surface area is 133 Å². The molecule has 0 bridgehead atoms. The van der Waals surface area contributed by atoms with Gasteiger partial charge in [-0.15, -0.1) is 0 Å². The van der Waals surface area contributed by atoms with Gasteiger partial charge in [0.2, 0.25) is 5.95 Å². The van der Waals surface area contributed by atoms with Crippen molar-refractivity contribution in [2.24, 2.45) is 7.05 Å². The monoisotopic (exact) mass is 316 g/mol. The zero-order valence-electron chi connectivity index (χ0n) is 12.5. The van der Waals surface area contributed by atoms with E-state index < -0.39 is 0 Å². The molecule has 1 N–H and O–H groups in total. The minimum atomic E-state index is 0.437. The highest BCUT2D eigenvalue weighted by atomic mass is 35.5. The minimum absolute atomic E-state index is 0.437. The maximum atomic E-state index is 5.85. The third-order valence-corrected chi connectivity index (χ3v) is 3.79. The topological polar surface area (TPSA) is 52.0 Å². The lowest BCUT2D eigenvalue weighted by Gasteiger charge is -2.05. The van der Waals surface area contributed by atoms with Crippen LogP contribution in [0.1, 0.15) is 5.56 Å². The first kappa shape index (κ1) is 14.7. The number of hydrogen-bond acceptors (Lipinski definition) is 4. The average Bonchev–Trinajstić information content (AvgIpc) is 2.83. The van der Waals surface area contributed by atoms with E-state index in [9.17, 15) is 0 Å². The molecule has 0 spiro atoms. The van der Waals surface area contributed by atoms with Crippen molar-refractivity contribution in [3.63, 3.8) is 0 Å². The number of rotatable bonds is 5. The fraction of sp³-hybridized carbons (Fsp3) is 0.250. The summed E-state index contributed by atoms with van der Waals surface area (Å²) in [5, 5.41) is 4.83. The van der Waals surface area contributed by atoms with Gasteiger partial charge in [-0.25, -0.2) is 9.97 Å². The van der Waals surface area contributed by atoms with E-state index >= 15 is 0 Å². The summed E-state index contributed by atoms with van der Waals surface area (Å²) in [7, 11) is 3.73. The summed E-state index contributed by atoms with van der Waals surface area (Å²) in [6, 6.07) is 7.78. The Bertz CT molecular complexity index is 800. The van der Waals surface area contributed by atoms with Crippen LogP contribution < -0.4 is 10.1 Å². The first-order valence-corrected chi connectivity index (χ1v) is 7.39. The zero-order valence-corrected chi connectivity index (χ0v) is 13.3. The maximum absolute atomic E-state index is 5.85. The highest BCUT2D eigenvalue weighted by Crippen LogP contribution is 2.25. The molecule has 1 aromatic carbocycles. The molecule has 2 aromatic heterocycles. The van der Waals surface area contributed by atoms with Gasteiger partial charge < -0.3 is 14.6 Å². The van der Waals surface area contributed by atoms with E-state index in [4.69, 9.17) is 16.3 Å². The Morgan fingerprint density at radius 1 is 1.32 bits per heavy atom. The lowest BCUT2D eigenvalue weighted by molar-refractivity contribution is 0.415. The Morgan fingerprint density at radius 2 is 2.18 bits per heavy atom. The number of halogens is 1. The summed E-state index contributed by atoms with van der Waals surface area (Å²) in [6.07, 6.45) is 4.64. The van der Waals surface area contributed by atoms with Gasteiger partial charge in [0, 0.05) is 36.9 Å². The molecule has 0 saturated carbocycles. The number of anilines is 1. The molecular weight excluding hydrogens is 300 g/mol. The third-order valence-electron chi connectivity index (χ3n) is 3.58. The number of nitrogens with one attached hydrogen (secondary N) is 1. The molecule has 0 aliphatic rings. The van der Waals surface area contributed by atoms with E-state index in [0.29, 0.717) is 11.1 Å². The van der Waals surface area contributed by atoms with Gasteiger partial charge in [-0.1, -0.05) is 11.6 Å². The van der Waals surface area contributed by atoms with Gasteiger partial charge in [0.05, 0.1) is 7.11 Å². The summed E-state index contributed by atoms with van der Waals surface area (Å²) < 4.78 is 7.44. The number of hydrogen-bond donors (Lipinski definition) is 1. The van der Waals surface area contributed by atoms with E-state index in [1.54, 1.807) is 19.4 Å². The maximum Gasteiger partial charge on any atom is 0.224 e. The van der Waals surface area contributed by atoms with Crippen molar-refractivity contribution in [3.05, 3.63) is 47.4 Å². The molecule has 3 aromatic rings. The van der Waals surface area contributed by atoms with Crippen molar-refractivity contribution in [3.8, 4) is 5.75 Å². The van der Waals surface area contributed by atoms with Crippen molar-refractivity contribution in [1.29, 1.82) is 0 Å². The SMILES string of the molecule is COc1ccc2c(c1)c(CCNc1nccc(Cl)n1)cn2C. The molecule has 3 rings (SSSR count). The molecule has 0 unspecified atom stereocenters. The number of ether oxygens (including phenoxy) is 1. The Kier molecular flexibility index (Phi) is 4.15. The summed E-state index contributed by atoms with van der Waals surface area (Å²) in [5.74, 6) is 1.41. The molecule has 6 heteroatoms. The summed E-state index contributed by atoms with van der Waals surface area (Å²) in [6.45, 7) is 0.733. The zero-order chi connectivity index (χ0) is 15.5. The van der Waals surface area contributed by atoms with Crippen molar-refractivity contribution in [2.75, 3.05) is 19.0 Å². The third kappa shape index (κ3) is 2.99. The smallest absolute Gasteiger partial charge is 0.224 e. The van der Waals surface area contributed by atoms with Crippen molar-refractivity contribution in [1.82, 2.24) is 14.5 Å². The molecule has 0 saturated heterocycles. The number of methoxy groups -OCH3 is 1. The molecule has 114 valence electrons. The fourth-order valence-corrected chi connectivity index (χ4v) is 2.65. The average molecular weight is 317 g/mol. The highest BCUT2D eigenvalue weighted by molar-refractivity contribution is 6.29. The van der Waals surface area contributed by atoms with Crippen LogP contribution in [0.4, 0.5) is 5.95 Å². The van der Waals surface area contributed by atoms with Crippen molar-refractivity contribution >= 4 is 28.5 Å². The van der Waals surface area contributed by atoms with E-state index in [1.165, 1.54) is 16.5 Å². The van der Waals surface area contributed by atoms with Gasteiger partial charge in [-0.3, -0.25) is 0 Å². The predicted molar refractivity (Wildman–Crippen MR) is 88.7 cm³/mol. The van der Waals surface area contributed by atoms with Crippen LogP contribution in [0, 0.1) is 0 Å². The molecule has 22 heavy (non-hydrogen) atoms. The lowest BCUT2D eigenvalue weighted by Crippen LogP contribution is -2.07. The van der Waals surface area contributed by atoms with Crippen LogP contribution >= 0.6 is 11.6 Å². The molecule has 0 radical (unpaired) electrons. The van der Waals surface area contributed by atoms with Crippen LogP contribution in [0.15, 0.2) is 36.7 Å². The molecule has 2 heterocycles. The van der Waals surface area contributed by atoms with Crippen LogP contribution in [-0.2, 0) is 13.5 Å². The van der Waals surface area contributed by atoms with E-state index in [0.717, 1.165) is 18.7 Å². The number of nitrogens with zero attached hydrogens (tertiary/aromatic N) is 3. The fourth-order valence-electron chi connectivity index (χ4n) is 2.51. The van der Waals surface area contributed by atoms with Crippen LogP contribution in [-0.4, -0.2) is 28.2 Å². The molecule has 0 aliphatic heterocycles. The molecule has 0 atom stereocenters. The van der Waals surface area contributed by atoms with Crippen LogP contribution in [0.3, 0.4) is 0 Å². The largest absolute Gasteiger partial charge is 0.497 e. The molecule has 5 nitrogen and oxygen atoms in total. The Balaban J connectivity index is 1.76. The number of aryl methyl sites for hydroxylation is 1. The van der Waals surface area contributed by atoms with Gasteiger partial charge in [0.15, 0.2) is 0 Å².